The van der Waals surface area contributed by atoms with Crippen molar-refractivity contribution >= 4 is 27.7 Å². The van der Waals surface area contributed by atoms with Crippen LogP contribution in [0, 0.1) is 5.92 Å². The zero-order valence-corrected chi connectivity index (χ0v) is 12.6. The van der Waals surface area contributed by atoms with E-state index in [-0.39, 0.29) is 5.91 Å². The molecule has 2 N–H and O–H groups in total. The number of nitrogens with one attached hydrogen (secondary N) is 2. The maximum Gasteiger partial charge on any atom is 0.225 e. The molecule has 1 aliphatic carbocycles. The highest BCUT2D eigenvalue weighted by Crippen LogP contribution is 2.28. The maximum atomic E-state index is 12.1. The topological polar surface area (TPSA) is 57.8 Å². The molecule has 0 aliphatic heterocycles. The summed E-state index contributed by atoms with van der Waals surface area (Å²) < 4.78 is 0.778. The van der Waals surface area contributed by atoms with Gasteiger partial charge >= 0.3 is 0 Å². The summed E-state index contributed by atoms with van der Waals surface area (Å²) in [6, 6.07) is 8.52. The summed E-state index contributed by atoms with van der Waals surface area (Å²) in [5, 5.41) is 9.48. The lowest BCUT2D eigenvalue weighted by Gasteiger charge is -2.24. The first kappa shape index (κ1) is 13.4. The van der Waals surface area contributed by atoms with Crippen molar-refractivity contribution in [2.75, 3.05) is 5.32 Å². The summed E-state index contributed by atoms with van der Waals surface area (Å²) in [5.74, 6) is 1.09. The summed E-state index contributed by atoms with van der Waals surface area (Å²) in [6.45, 7) is 0. The fourth-order valence-corrected chi connectivity index (χ4v) is 3.05. The van der Waals surface area contributed by atoms with Gasteiger partial charge in [-0.1, -0.05) is 24.3 Å². The molecular weight excluding hydrogens is 318 g/mol. The van der Waals surface area contributed by atoms with Gasteiger partial charge in [-0.25, -0.2) is 0 Å². The number of aromatic nitrogens is 2. The smallest absolute Gasteiger partial charge is 0.225 e. The molecular formula is C15H16BrN3O. The molecule has 0 radical (unpaired) electrons. The summed E-state index contributed by atoms with van der Waals surface area (Å²) in [7, 11) is 0. The third-order valence-corrected chi connectivity index (χ3v) is 4.38. The average Bonchev–Trinajstić information content (AvgIpc) is 2.84. The highest BCUT2D eigenvalue weighted by atomic mass is 79.9. The zero-order chi connectivity index (χ0) is 13.9. The van der Waals surface area contributed by atoms with Crippen molar-refractivity contribution in [1.82, 2.24) is 10.2 Å². The van der Waals surface area contributed by atoms with Gasteiger partial charge in [0.1, 0.15) is 5.82 Å². The Bertz CT molecular complexity index is 623. The van der Waals surface area contributed by atoms with Crippen LogP contribution in [0.1, 0.15) is 24.0 Å². The van der Waals surface area contributed by atoms with Gasteiger partial charge in [0.15, 0.2) is 0 Å². The van der Waals surface area contributed by atoms with Gasteiger partial charge in [0.25, 0.3) is 0 Å². The van der Waals surface area contributed by atoms with Gasteiger partial charge in [-0.05, 0) is 52.2 Å². The average molecular weight is 334 g/mol. The van der Waals surface area contributed by atoms with E-state index in [1.54, 1.807) is 6.20 Å². The molecule has 2 aromatic rings. The number of carbonyl (C=O) groups excluding carboxylic acids is 1. The van der Waals surface area contributed by atoms with Gasteiger partial charge in [-0.2, -0.15) is 5.10 Å². The number of aromatic amines is 1. The van der Waals surface area contributed by atoms with Crippen molar-refractivity contribution in [2.24, 2.45) is 5.92 Å². The number of carbonyl (C=O) groups is 1. The molecule has 1 atom stereocenters. The molecule has 104 valence electrons. The number of hydrogen-bond donors (Lipinski definition) is 2. The second-order valence-corrected chi connectivity index (χ2v) is 6.08. The van der Waals surface area contributed by atoms with Crippen LogP contribution in [0.2, 0.25) is 0 Å². The molecule has 1 aromatic carbocycles. The number of rotatable bonds is 3. The number of halogens is 1. The highest BCUT2D eigenvalue weighted by molar-refractivity contribution is 9.10. The molecule has 1 unspecified atom stereocenters. The first-order chi connectivity index (χ1) is 9.72. The number of H-pyrrole nitrogens is 1. The lowest BCUT2D eigenvalue weighted by molar-refractivity contribution is -0.117. The highest BCUT2D eigenvalue weighted by Gasteiger charge is 2.21. The molecule has 0 saturated carbocycles. The molecule has 1 aliphatic rings. The molecule has 1 heterocycles. The third kappa shape index (κ3) is 2.93. The lowest BCUT2D eigenvalue weighted by atomic mass is 9.82. The molecule has 0 bridgehead atoms. The van der Waals surface area contributed by atoms with E-state index < -0.39 is 0 Å². The summed E-state index contributed by atoms with van der Waals surface area (Å²) >= 11 is 3.33. The summed E-state index contributed by atoms with van der Waals surface area (Å²) in [6.07, 6.45) is 5.33. The number of aryl methyl sites for hydroxylation is 1. The fourth-order valence-electron chi connectivity index (χ4n) is 2.76. The van der Waals surface area contributed by atoms with E-state index >= 15 is 0 Å². The van der Waals surface area contributed by atoms with Crippen molar-refractivity contribution in [3.63, 3.8) is 0 Å². The molecule has 1 amide bonds. The van der Waals surface area contributed by atoms with Crippen molar-refractivity contribution in [3.8, 4) is 0 Å². The Hall–Kier alpha value is -1.62. The van der Waals surface area contributed by atoms with Crippen LogP contribution in [-0.4, -0.2) is 16.1 Å². The predicted molar refractivity (Wildman–Crippen MR) is 81.5 cm³/mol. The summed E-state index contributed by atoms with van der Waals surface area (Å²) in [5.41, 5.74) is 2.82. The van der Waals surface area contributed by atoms with Crippen LogP contribution in [0.4, 0.5) is 5.82 Å². The lowest BCUT2D eigenvalue weighted by Crippen LogP contribution is -2.21. The second kappa shape index (κ2) is 5.79. The van der Waals surface area contributed by atoms with Gasteiger partial charge < -0.3 is 5.32 Å². The van der Waals surface area contributed by atoms with Gasteiger partial charge in [-0.15, -0.1) is 0 Å². The number of amides is 1. The number of benzene rings is 1. The van der Waals surface area contributed by atoms with E-state index in [9.17, 15) is 4.79 Å². The van der Waals surface area contributed by atoms with E-state index in [1.807, 2.05) is 0 Å². The third-order valence-electron chi connectivity index (χ3n) is 3.78. The Balaban J connectivity index is 1.59. The minimum absolute atomic E-state index is 0.0410. The molecule has 3 rings (SSSR count). The fraction of sp³-hybridized carbons (Fsp3) is 0.333. The first-order valence-corrected chi connectivity index (χ1v) is 7.57. The SMILES string of the molecule is O=C(CC1CCc2ccccc2C1)Nc1[nH]ncc1Br. The molecule has 0 fully saturated rings. The molecule has 1 aromatic heterocycles. The van der Waals surface area contributed by atoms with Crippen LogP contribution in [0.25, 0.3) is 0 Å². The van der Waals surface area contributed by atoms with E-state index in [0.717, 1.165) is 23.7 Å². The summed E-state index contributed by atoms with van der Waals surface area (Å²) in [4.78, 5) is 12.1. The number of hydrogen-bond acceptors (Lipinski definition) is 2. The number of anilines is 1. The van der Waals surface area contributed by atoms with Gasteiger partial charge in [0.05, 0.1) is 10.7 Å². The van der Waals surface area contributed by atoms with Crippen LogP contribution in [0.3, 0.4) is 0 Å². The second-order valence-electron chi connectivity index (χ2n) is 5.22. The van der Waals surface area contributed by atoms with Crippen LogP contribution >= 0.6 is 15.9 Å². The number of fused-ring (bicyclic) bond motifs is 1. The molecule has 5 heteroatoms. The van der Waals surface area contributed by atoms with E-state index in [4.69, 9.17) is 0 Å². The molecule has 0 saturated heterocycles. The van der Waals surface area contributed by atoms with E-state index in [2.05, 4.69) is 55.7 Å². The molecule has 4 nitrogen and oxygen atoms in total. The van der Waals surface area contributed by atoms with Gasteiger partial charge in [0.2, 0.25) is 5.91 Å². The minimum atomic E-state index is 0.0410. The zero-order valence-electron chi connectivity index (χ0n) is 11.0. The standard InChI is InChI=1S/C15H16BrN3O/c16-13-9-17-19-15(13)18-14(20)8-10-5-6-11-3-1-2-4-12(11)7-10/h1-4,9-10H,5-8H2,(H2,17,18,19,20). The van der Waals surface area contributed by atoms with Crippen LogP contribution in [-0.2, 0) is 17.6 Å². The molecule has 0 spiro atoms. The van der Waals surface area contributed by atoms with Crippen LogP contribution in [0.15, 0.2) is 34.9 Å². The Morgan fingerprint density at radius 1 is 1.40 bits per heavy atom. The predicted octanol–water partition coefficient (Wildman–Crippen LogP) is 3.31. The van der Waals surface area contributed by atoms with Gasteiger partial charge in [-0.3, -0.25) is 9.89 Å². The Morgan fingerprint density at radius 3 is 2.95 bits per heavy atom. The van der Waals surface area contributed by atoms with Crippen molar-refractivity contribution in [1.29, 1.82) is 0 Å². The van der Waals surface area contributed by atoms with Crippen LogP contribution in [0.5, 0.6) is 0 Å². The number of nitrogens with zero attached hydrogens (tertiary/aromatic N) is 1. The Morgan fingerprint density at radius 2 is 2.20 bits per heavy atom. The van der Waals surface area contributed by atoms with Crippen molar-refractivity contribution in [2.45, 2.75) is 25.7 Å². The largest absolute Gasteiger partial charge is 0.310 e. The monoisotopic (exact) mass is 333 g/mol. The quantitative estimate of drug-likeness (QED) is 0.905. The maximum absolute atomic E-state index is 12.1. The van der Waals surface area contributed by atoms with E-state index in [0.29, 0.717) is 18.2 Å². The van der Waals surface area contributed by atoms with Crippen molar-refractivity contribution in [3.05, 3.63) is 46.1 Å². The minimum Gasteiger partial charge on any atom is -0.310 e. The normalized spacial score (nSPS) is 17.6. The molecule has 20 heavy (non-hydrogen) atoms. The van der Waals surface area contributed by atoms with E-state index in [1.165, 1.54) is 11.1 Å². The Labute approximate surface area is 126 Å². The Kier molecular flexibility index (Phi) is 3.87. The van der Waals surface area contributed by atoms with Crippen molar-refractivity contribution < 1.29 is 4.79 Å². The van der Waals surface area contributed by atoms with Gasteiger partial charge in [0, 0.05) is 6.42 Å². The first-order valence-electron chi connectivity index (χ1n) is 6.78. The van der Waals surface area contributed by atoms with Crippen LogP contribution < -0.4 is 5.32 Å².